The molecule has 0 spiro atoms. The predicted octanol–water partition coefficient (Wildman–Crippen LogP) is 3.87. The molecule has 1 aliphatic carbocycles. The number of halogens is 1. The Hall–Kier alpha value is -2.57. The molecule has 0 aromatic carbocycles. The molecule has 2 aliphatic rings. The van der Waals surface area contributed by atoms with Crippen LogP contribution in [0.3, 0.4) is 0 Å². The standard InChI is InChI=1S/C23H31ClN6O3/c1-5-23(8-6-9-23)19-14(11-25)18(24)16-12-26-20(28-30(16)19)27-15-7-10-29(13-17(15)31)21(32)33-22(2,3)4/h12,15,17,31H,5-10,13H2,1-4H3,(H,27,28)/t15-,17+/m0/s1. The van der Waals surface area contributed by atoms with Crippen molar-refractivity contribution in [2.75, 3.05) is 18.4 Å². The number of fused-ring (bicyclic) bond motifs is 1. The summed E-state index contributed by atoms with van der Waals surface area (Å²) in [4.78, 5) is 18.2. The fourth-order valence-corrected chi connectivity index (χ4v) is 5.05. The van der Waals surface area contributed by atoms with Gasteiger partial charge < -0.3 is 20.1 Å². The third-order valence-corrected chi connectivity index (χ3v) is 7.16. The summed E-state index contributed by atoms with van der Waals surface area (Å²) < 4.78 is 7.16. The molecule has 1 aliphatic heterocycles. The molecular weight excluding hydrogens is 444 g/mol. The van der Waals surface area contributed by atoms with Crippen LogP contribution >= 0.6 is 11.6 Å². The number of anilines is 1. The highest BCUT2D eigenvalue weighted by Gasteiger charge is 2.43. The van der Waals surface area contributed by atoms with Gasteiger partial charge in [0.1, 0.15) is 17.2 Å². The fraction of sp³-hybridized carbons (Fsp3) is 0.652. The molecule has 10 heteroatoms. The number of hydrogen-bond acceptors (Lipinski definition) is 7. The first-order valence-corrected chi connectivity index (χ1v) is 11.9. The van der Waals surface area contributed by atoms with Crippen LogP contribution in [0, 0.1) is 11.3 Å². The van der Waals surface area contributed by atoms with Crippen LogP contribution in [0.4, 0.5) is 10.7 Å². The Kier molecular flexibility index (Phi) is 6.18. The average molecular weight is 475 g/mol. The zero-order chi connectivity index (χ0) is 24.0. The number of nitrogens with one attached hydrogen (secondary N) is 1. The molecule has 2 fully saturated rings. The van der Waals surface area contributed by atoms with E-state index in [9.17, 15) is 15.2 Å². The summed E-state index contributed by atoms with van der Waals surface area (Å²) in [7, 11) is 0. The number of ether oxygens (including phenoxy) is 1. The second-order valence-corrected chi connectivity index (χ2v) is 10.4. The van der Waals surface area contributed by atoms with E-state index in [1.165, 1.54) is 4.90 Å². The van der Waals surface area contributed by atoms with E-state index in [2.05, 4.69) is 28.4 Å². The van der Waals surface area contributed by atoms with E-state index in [1.807, 2.05) is 20.8 Å². The minimum Gasteiger partial charge on any atom is -0.444 e. The largest absolute Gasteiger partial charge is 0.444 e. The second-order valence-electron chi connectivity index (χ2n) is 10.0. The quantitative estimate of drug-likeness (QED) is 0.690. The Morgan fingerprint density at radius 2 is 2.18 bits per heavy atom. The number of aromatic nitrogens is 3. The van der Waals surface area contributed by atoms with Gasteiger partial charge in [0, 0.05) is 12.0 Å². The van der Waals surface area contributed by atoms with Crippen LogP contribution < -0.4 is 5.32 Å². The van der Waals surface area contributed by atoms with Crippen LogP contribution in [-0.4, -0.2) is 61.5 Å². The van der Waals surface area contributed by atoms with Crippen molar-refractivity contribution in [3.05, 3.63) is 22.5 Å². The van der Waals surface area contributed by atoms with Crippen molar-refractivity contribution in [2.24, 2.45) is 0 Å². The van der Waals surface area contributed by atoms with Crippen molar-refractivity contribution in [2.45, 2.75) is 83.0 Å². The van der Waals surface area contributed by atoms with Gasteiger partial charge in [-0.25, -0.2) is 14.3 Å². The first-order valence-electron chi connectivity index (χ1n) is 11.5. The molecule has 2 aromatic rings. The number of carbonyl (C=O) groups excluding carboxylic acids is 1. The predicted molar refractivity (Wildman–Crippen MR) is 124 cm³/mol. The molecule has 178 valence electrons. The van der Waals surface area contributed by atoms with Crippen molar-refractivity contribution in [3.8, 4) is 6.07 Å². The summed E-state index contributed by atoms with van der Waals surface area (Å²) in [6.07, 6.45) is 4.90. The lowest BCUT2D eigenvalue weighted by Gasteiger charge is -2.41. The summed E-state index contributed by atoms with van der Waals surface area (Å²) >= 11 is 6.53. The lowest BCUT2D eigenvalue weighted by atomic mass is 9.64. The highest BCUT2D eigenvalue weighted by Crippen LogP contribution is 2.49. The van der Waals surface area contributed by atoms with Gasteiger partial charge in [0.2, 0.25) is 5.95 Å². The van der Waals surface area contributed by atoms with E-state index in [0.29, 0.717) is 35.0 Å². The number of aliphatic hydroxyl groups is 1. The first-order chi connectivity index (χ1) is 15.6. The van der Waals surface area contributed by atoms with Crippen LogP contribution in [0.15, 0.2) is 6.20 Å². The van der Waals surface area contributed by atoms with Gasteiger partial charge in [-0.15, -0.1) is 5.10 Å². The van der Waals surface area contributed by atoms with Crippen molar-refractivity contribution in [3.63, 3.8) is 0 Å². The van der Waals surface area contributed by atoms with Gasteiger partial charge in [-0.1, -0.05) is 24.9 Å². The Morgan fingerprint density at radius 1 is 1.45 bits per heavy atom. The van der Waals surface area contributed by atoms with Gasteiger partial charge in [-0.05, 0) is 46.5 Å². The minimum atomic E-state index is -0.804. The molecule has 4 rings (SSSR count). The molecule has 2 N–H and O–H groups in total. The molecular formula is C23H31ClN6O3. The SMILES string of the molecule is CCC1(c2c(C#N)c(Cl)c3cnc(N[C@H]4CCN(C(=O)OC(C)(C)C)C[C@H]4O)nn23)CCC1. The smallest absolute Gasteiger partial charge is 0.410 e. The van der Waals surface area contributed by atoms with Crippen LogP contribution in [0.2, 0.25) is 5.02 Å². The second kappa shape index (κ2) is 8.65. The van der Waals surface area contributed by atoms with Crippen LogP contribution in [0.5, 0.6) is 0 Å². The third-order valence-electron chi connectivity index (χ3n) is 6.77. The monoisotopic (exact) mass is 474 g/mol. The lowest BCUT2D eigenvalue weighted by Crippen LogP contribution is -2.52. The van der Waals surface area contributed by atoms with Crippen LogP contribution in [-0.2, 0) is 10.2 Å². The number of hydrogen-bond donors (Lipinski definition) is 2. The average Bonchev–Trinajstić information content (AvgIpc) is 2.99. The number of carbonyl (C=O) groups is 1. The number of nitrogens with zero attached hydrogens (tertiary/aromatic N) is 5. The van der Waals surface area contributed by atoms with Gasteiger partial charge in [0.15, 0.2) is 0 Å². The first kappa shape index (κ1) is 23.6. The number of piperidine rings is 1. The summed E-state index contributed by atoms with van der Waals surface area (Å²) in [5, 5.41) is 28.7. The highest BCUT2D eigenvalue weighted by molar-refractivity contribution is 6.35. The molecule has 9 nitrogen and oxygen atoms in total. The maximum absolute atomic E-state index is 12.3. The maximum atomic E-state index is 12.3. The summed E-state index contributed by atoms with van der Waals surface area (Å²) in [6.45, 7) is 8.18. The van der Waals surface area contributed by atoms with Gasteiger partial charge in [-0.3, -0.25) is 0 Å². The molecule has 1 amide bonds. The summed E-state index contributed by atoms with van der Waals surface area (Å²) in [5.74, 6) is 0.347. The summed E-state index contributed by atoms with van der Waals surface area (Å²) in [6, 6.07) is 1.95. The van der Waals surface area contributed by atoms with Crippen LogP contribution in [0.25, 0.3) is 5.52 Å². The number of amides is 1. The molecule has 1 saturated heterocycles. The minimum absolute atomic E-state index is 0.106. The van der Waals surface area contributed by atoms with Gasteiger partial charge in [0.05, 0.1) is 41.2 Å². The molecule has 33 heavy (non-hydrogen) atoms. The molecule has 2 atom stereocenters. The third kappa shape index (κ3) is 4.34. The lowest BCUT2D eigenvalue weighted by molar-refractivity contribution is 0.00112. The zero-order valence-corrected chi connectivity index (χ0v) is 20.3. The van der Waals surface area contributed by atoms with E-state index in [0.717, 1.165) is 31.4 Å². The number of β-amino-alcohol motifs (C(OH)–C–C–N with tert-alkyl or cyclic N) is 1. The van der Waals surface area contributed by atoms with Crippen molar-refractivity contribution < 1.29 is 14.6 Å². The van der Waals surface area contributed by atoms with Crippen molar-refractivity contribution >= 4 is 29.2 Å². The van der Waals surface area contributed by atoms with Crippen molar-refractivity contribution in [1.82, 2.24) is 19.5 Å². The number of aliphatic hydroxyl groups excluding tert-OH is 1. The molecule has 2 aromatic heterocycles. The normalized spacial score (nSPS) is 22.5. The van der Waals surface area contributed by atoms with E-state index < -0.39 is 17.8 Å². The van der Waals surface area contributed by atoms with E-state index in [-0.39, 0.29) is 18.0 Å². The summed E-state index contributed by atoms with van der Waals surface area (Å²) in [5.41, 5.74) is 1.23. The fourth-order valence-electron chi connectivity index (χ4n) is 4.79. The molecule has 0 unspecified atom stereocenters. The molecule has 0 radical (unpaired) electrons. The van der Waals surface area contributed by atoms with Gasteiger partial charge >= 0.3 is 6.09 Å². The molecule has 3 heterocycles. The number of rotatable bonds is 4. The van der Waals surface area contributed by atoms with E-state index in [1.54, 1.807) is 10.7 Å². The Bertz CT molecular complexity index is 1090. The van der Waals surface area contributed by atoms with Gasteiger partial charge in [-0.2, -0.15) is 5.26 Å². The molecule has 0 bridgehead atoms. The topological polar surface area (TPSA) is 116 Å². The van der Waals surface area contributed by atoms with Gasteiger partial charge in [0.25, 0.3) is 0 Å². The maximum Gasteiger partial charge on any atom is 0.410 e. The van der Waals surface area contributed by atoms with E-state index >= 15 is 0 Å². The highest BCUT2D eigenvalue weighted by atomic mass is 35.5. The van der Waals surface area contributed by atoms with E-state index in [4.69, 9.17) is 16.3 Å². The number of likely N-dealkylation sites (tertiary alicyclic amines) is 1. The zero-order valence-electron chi connectivity index (χ0n) is 19.6. The molecule has 1 saturated carbocycles. The van der Waals surface area contributed by atoms with Crippen LogP contribution in [0.1, 0.15) is 71.1 Å². The Labute approximate surface area is 198 Å². The van der Waals surface area contributed by atoms with Crippen molar-refractivity contribution in [1.29, 1.82) is 5.26 Å². The number of nitriles is 1. The Morgan fingerprint density at radius 3 is 2.73 bits per heavy atom. The Balaban J connectivity index is 1.56.